The lowest BCUT2D eigenvalue weighted by molar-refractivity contribution is 0.253. The molecular formula is C24H31N3. The van der Waals surface area contributed by atoms with Gasteiger partial charge in [-0.2, -0.15) is 0 Å². The van der Waals surface area contributed by atoms with E-state index in [2.05, 4.69) is 66.1 Å². The van der Waals surface area contributed by atoms with E-state index in [1.807, 2.05) is 12.4 Å². The fraction of sp³-hybridized carbons (Fsp3) is 0.458. The van der Waals surface area contributed by atoms with Crippen LogP contribution in [-0.2, 0) is 6.42 Å². The summed E-state index contributed by atoms with van der Waals surface area (Å²) in [6.07, 6.45) is 15.5. The molecule has 3 nitrogen and oxygen atoms in total. The Balaban J connectivity index is 1.83. The number of hydrogen-bond acceptors (Lipinski definition) is 2. The van der Waals surface area contributed by atoms with Crippen molar-refractivity contribution in [2.75, 3.05) is 20.1 Å². The number of rotatable bonds is 4. The molecule has 1 unspecified atom stereocenters. The van der Waals surface area contributed by atoms with Crippen LogP contribution in [-0.4, -0.2) is 35.0 Å². The van der Waals surface area contributed by atoms with Gasteiger partial charge in [-0.3, -0.25) is 4.98 Å². The van der Waals surface area contributed by atoms with Crippen molar-refractivity contribution < 1.29 is 0 Å². The maximum atomic E-state index is 4.24. The van der Waals surface area contributed by atoms with Crippen LogP contribution in [0.5, 0.6) is 0 Å². The minimum absolute atomic E-state index is 0.632. The largest absolute Gasteiger partial charge is 0.357 e. The van der Waals surface area contributed by atoms with Gasteiger partial charge in [-0.05, 0) is 80.6 Å². The number of aromatic amines is 1. The molecule has 0 aromatic carbocycles. The van der Waals surface area contributed by atoms with E-state index in [-0.39, 0.29) is 0 Å². The van der Waals surface area contributed by atoms with Gasteiger partial charge in [0.25, 0.3) is 0 Å². The second-order valence-electron chi connectivity index (χ2n) is 8.17. The molecule has 27 heavy (non-hydrogen) atoms. The Morgan fingerprint density at radius 2 is 1.93 bits per heavy atom. The molecule has 1 saturated heterocycles. The van der Waals surface area contributed by atoms with Gasteiger partial charge in [-0.25, -0.2) is 0 Å². The van der Waals surface area contributed by atoms with Crippen LogP contribution in [0.2, 0.25) is 0 Å². The SMILES string of the molecule is CCc1c(C2CCN(C)CC2)[nH]c(C2=CCC(C)C=C2)c1-c1ccncc1. The van der Waals surface area contributed by atoms with Gasteiger partial charge in [0.05, 0.1) is 5.69 Å². The van der Waals surface area contributed by atoms with Gasteiger partial charge >= 0.3 is 0 Å². The number of aromatic nitrogens is 2. The highest BCUT2D eigenvalue weighted by molar-refractivity contribution is 5.87. The number of H-pyrrole nitrogens is 1. The predicted octanol–water partition coefficient (Wildman–Crippen LogP) is 5.43. The quantitative estimate of drug-likeness (QED) is 0.787. The third kappa shape index (κ3) is 3.66. The number of nitrogens with zero attached hydrogens (tertiary/aromatic N) is 2. The lowest BCUT2D eigenvalue weighted by atomic mass is 9.88. The molecule has 1 aliphatic heterocycles. The molecule has 2 aromatic rings. The molecule has 0 bridgehead atoms. The molecule has 1 aliphatic carbocycles. The van der Waals surface area contributed by atoms with Crippen molar-refractivity contribution in [2.24, 2.45) is 5.92 Å². The highest BCUT2D eigenvalue weighted by Gasteiger charge is 2.27. The van der Waals surface area contributed by atoms with Crippen molar-refractivity contribution in [3.63, 3.8) is 0 Å². The Bertz CT molecular complexity index is 836. The summed E-state index contributed by atoms with van der Waals surface area (Å²) < 4.78 is 0. The Labute approximate surface area is 163 Å². The summed E-state index contributed by atoms with van der Waals surface area (Å²) in [6, 6.07) is 4.31. The number of hydrogen-bond donors (Lipinski definition) is 1. The number of pyridine rings is 1. The standard InChI is InChI=1S/C24H31N3/c1-4-21-22(18-9-13-25-14-10-18)24(19-7-5-17(2)6-8-19)26-23(21)20-11-15-27(3)16-12-20/h5,7-10,13-14,17,20,26H,4,6,11-12,15-16H2,1-3H3. The van der Waals surface area contributed by atoms with Crippen LogP contribution < -0.4 is 0 Å². The first kappa shape index (κ1) is 18.2. The normalized spacial score (nSPS) is 21.4. The van der Waals surface area contributed by atoms with Gasteiger partial charge in [-0.1, -0.05) is 32.1 Å². The highest BCUT2D eigenvalue weighted by atomic mass is 15.1. The van der Waals surface area contributed by atoms with Gasteiger partial charge in [0.2, 0.25) is 0 Å². The summed E-state index contributed by atoms with van der Waals surface area (Å²) in [6.45, 7) is 6.95. The Morgan fingerprint density at radius 1 is 1.19 bits per heavy atom. The van der Waals surface area contributed by atoms with Gasteiger partial charge in [0.1, 0.15) is 0 Å². The summed E-state index contributed by atoms with van der Waals surface area (Å²) in [5.41, 5.74) is 8.28. The van der Waals surface area contributed by atoms with Crippen LogP contribution in [0.1, 0.15) is 56.0 Å². The molecule has 0 spiro atoms. The van der Waals surface area contributed by atoms with Crippen LogP contribution in [0, 0.1) is 5.92 Å². The number of piperidine rings is 1. The van der Waals surface area contributed by atoms with E-state index in [0.717, 1.165) is 12.8 Å². The third-order valence-corrected chi connectivity index (χ3v) is 6.19. The first-order valence-corrected chi connectivity index (χ1v) is 10.4. The molecule has 142 valence electrons. The van der Waals surface area contributed by atoms with E-state index >= 15 is 0 Å². The molecule has 0 saturated carbocycles. The molecule has 3 heterocycles. The lowest BCUT2D eigenvalue weighted by Gasteiger charge is -2.29. The molecule has 2 aromatic heterocycles. The van der Waals surface area contributed by atoms with Crippen molar-refractivity contribution >= 4 is 5.57 Å². The number of likely N-dealkylation sites (tertiary alicyclic amines) is 1. The molecular weight excluding hydrogens is 330 g/mol. The second-order valence-corrected chi connectivity index (χ2v) is 8.17. The minimum atomic E-state index is 0.632. The molecule has 1 fully saturated rings. The summed E-state index contributed by atoms with van der Waals surface area (Å²) in [7, 11) is 2.23. The van der Waals surface area contributed by atoms with Gasteiger partial charge in [0, 0.05) is 29.6 Å². The van der Waals surface area contributed by atoms with Crippen molar-refractivity contribution in [1.82, 2.24) is 14.9 Å². The maximum Gasteiger partial charge on any atom is 0.0535 e. The topological polar surface area (TPSA) is 31.9 Å². The van der Waals surface area contributed by atoms with Crippen LogP contribution in [0.15, 0.2) is 42.8 Å². The van der Waals surface area contributed by atoms with E-state index in [1.54, 1.807) is 0 Å². The first-order valence-electron chi connectivity index (χ1n) is 10.4. The van der Waals surface area contributed by atoms with Crippen molar-refractivity contribution in [1.29, 1.82) is 0 Å². The molecule has 0 amide bonds. The van der Waals surface area contributed by atoms with E-state index < -0.39 is 0 Å². The average molecular weight is 362 g/mol. The van der Waals surface area contributed by atoms with Gasteiger partial charge in [-0.15, -0.1) is 0 Å². The van der Waals surface area contributed by atoms with E-state index in [4.69, 9.17) is 0 Å². The van der Waals surface area contributed by atoms with Crippen LogP contribution in [0.4, 0.5) is 0 Å². The molecule has 2 aliphatic rings. The molecule has 3 heteroatoms. The Hall–Kier alpha value is -2.13. The minimum Gasteiger partial charge on any atom is -0.357 e. The zero-order chi connectivity index (χ0) is 18.8. The summed E-state index contributed by atoms with van der Waals surface area (Å²) >= 11 is 0. The average Bonchev–Trinajstić information content (AvgIpc) is 3.09. The molecule has 4 rings (SSSR count). The van der Waals surface area contributed by atoms with E-state index in [1.165, 1.54) is 59.6 Å². The fourth-order valence-electron chi connectivity index (χ4n) is 4.54. The molecule has 1 N–H and O–H groups in total. The van der Waals surface area contributed by atoms with Crippen molar-refractivity contribution in [3.05, 3.63) is 59.7 Å². The van der Waals surface area contributed by atoms with Crippen molar-refractivity contribution in [2.45, 2.75) is 45.4 Å². The highest BCUT2D eigenvalue weighted by Crippen LogP contribution is 2.41. The third-order valence-electron chi connectivity index (χ3n) is 6.19. The van der Waals surface area contributed by atoms with E-state index in [9.17, 15) is 0 Å². The zero-order valence-corrected chi connectivity index (χ0v) is 16.8. The number of nitrogens with one attached hydrogen (secondary N) is 1. The lowest BCUT2D eigenvalue weighted by Crippen LogP contribution is -2.29. The summed E-state index contributed by atoms with van der Waals surface area (Å²) in [5.74, 6) is 1.27. The van der Waals surface area contributed by atoms with Gasteiger partial charge in [0.15, 0.2) is 0 Å². The van der Waals surface area contributed by atoms with Crippen LogP contribution >= 0.6 is 0 Å². The smallest absolute Gasteiger partial charge is 0.0535 e. The van der Waals surface area contributed by atoms with Crippen molar-refractivity contribution in [3.8, 4) is 11.1 Å². The molecule has 0 radical (unpaired) electrons. The van der Waals surface area contributed by atoms with Gasteiger partial charge < -0.3 is 9.88 Å². The Morgan fingerprint density at radius 3 is 2.56 bits per heavy atom. The molecule has 1 atom stereocenters. The predicted molar refractivity (Wildman–Crippen MR) is 114 cm³/mol. The summed E-state index contributed by atoms with van der Waals surface area (Å²) in [4.78, 5) is 10.6. The van der Waals surface area contributed by atoms with Crippen LogP contribution in [0.25, 0.3) is 16.7 Å². The van der Waals surface area contributed by atoms with Crippen LogP contribution in [0.3, 0.4) is 0 Å². The maximum absolute atomic E-state index is 4.24. The fourth-order valence-corrected chi connectivity index (χ4v) is 4.54. The first-order chi connectivity index (χ1) is 13.2. The Kier molecular flexibility index (Phi) is 5.31. The monoisotopic (exact) mass is 361 g/mol. The number of allylic oxidation sites excluding steroid dienone is 4. The second kappa shape index (κ2) is 7.85. The zero-order valence-electron chi connectivity index (χ0n) is 16.8. The van der Waals surface area contributed by atoms with E-state index in [0.29, 0.717) is 11.8 Å². The summed E-state index contributed by atoms with van der Waals surface area (Å²) in [5, 5.41) is 0.